The van der Waals surface area contributed by atoms with Crippen molar-refractivity contribution in [2.45, 2.75) is 33.4 Å². The van der Waals surface area contributed by atoms with Crippen LogP contribution < -0.4 is 15.5 Å². The van der Waals surface area contributed by atoms with E-state index in [1.807, 2.05) is 68.4 Å². The van der Waals surface area contributed by atoms with Gasteiger partial charge in [0, 0.05) is 22.9 Å². The lowest BCUT2D eigenvalue weighted by Gasteiger charge is -2.18. The summed E-state index contributed by atoms with van der Waals surface area (Å²) in [6, 6.07) is 17.1. The Bertz CT molecular complexity index is 712. The molecule has 0 bridgehead atoms. The van der Waals surface area contributed by atoms with Crippen LogP contribution in [0, 0.1) is 0 Å². The Morgan fingerprint density at radius 3 is 2.23 bits per heavy atom. The van der Waals surface area contributed by atoms with Crippen LogP contribution in [0.3, 0.4) is 0 Å². The molecule has 0 heterocycles. The Labute approximate surface area is 155 Å². The first-order chi connectivity index (χ1) is 12.5. The molecule has 5 heteroatoms. The van der Waals surface area contributed by atoms with Crippen molar-refractivity contribution in [3.8, 4) is 0 Å². The summed E-state index contributed by atoms with van der Waals surface area (Å²) in [4.78, 5) is 25.4. The fourth-order valence-corrected chi connectivity index (χ4v) is 2.70. The third-order valence-corrected chi connectivity index (χ3v) is 4.06. The predicted molar refractivity (Wildman–Crippen MR) is 104 cm³/mol. The summed E-state index contributed by atoms with van der Waals surface area (Å²) in [6.45, 7) is 8.06. The van der Waals surface area contributed by atoms with Crippen molar-refractivity contribution in [1.29, 1.82) is 0 Å². The van der Waals surface area contributed by atoms with Gasteiger partial charge in [-0.1, -0.05) is 30.3 Å². The Hall–Kier alpha value is -2.66. The van der Waals surface area contributed by atoms with E-state index >= 15 is 0 Å². The largest absolute Gasteiger partial charge is 0.349 e. The molecule has 0 spiro atoms. The van der Waals surface area contributed by atoms with E-state index in [2.05, 4.69) is 17.6 Å². The van der Waals surface area contributed by atoms with Crippen LogP contribution in [0.4, 0.5) is 5.69 Å². The Balaban J connectivity index is 1.93. The molecule has 0 saturated heterocycles. The number of carbonyl (C=O) groups is 2. The molecule has 2 aromatic carbocycles. The quantitative estimate of drug-likeness (QED) is 0.678. The standard InChI is InChI=1S/C21H27N3O2/c1-4-24(15-20(25)22-16(2)3)14-17-10-12-18(13-11-17)21(26)23-19-8-6-5-7-9-19/h5-13,16H,4,14-15H2,1-3H3,(H,22,25)(H,23,26)/p+1. The molecule has 0 aliphatic rings. The van der Waals surface area contributed by atoms with E-state index in [1.54, 1.807) is 0 Å². The summed E-state index contributed by atoms with van der Waals surface area (Å²) in [6.07, 6.45) is 0. The van der Waals surface area contributed by atoms with Gasteiger partial charge in [-0.2, -0.15) is 0 Å². The maximum absolute atomic E-state index is 12.3. The number of hydrogen-bond acceptors (Lipinski definition) is 2. The van der Waals surface area contributed by atoms with Crippen molar-refractivity contribution in [2.24, 2.45) is 0 Å². The number of anilines is 1. The Morgan fingerprint density at radius 1 is 1.00 bits per heavy atom. The van der Waals surface area contributed by atoms with E-state index in [4.69, 9.17) is 0 Å². The first kappa shape index (κ1) is 19.7. The van der Waals surface area contributed by atoms with Gasteiger partial charge in [-0.25, -0.2) is 0 Å². The van der Waals surface area contributed by atoms with Crippen LogP contribution in [0.5, 0.6) is 0 Å². The molecule has 0 fully saturated rings. The minimum Gasteiger partial charge on any atom is -0.349 e. The number of nitrogens with one attached hydrogen (secondary N) is 3. The molecule has 2 rings (SSSR count). The minimum atomic E-state index is -0.126. The van der Waals surface area contributed by atoms with Crippen LogP contribution in [-0.4, -0.2) is 30.9 Å². The third kappa shape index (κ3) is 6.33. The Kier molecular flexibility index (Phi) is 7.36. The lowest BCUT2D eigenvalue weighted by Crippen LogP contribution is -3.11. The fourth-order valence-electron chi connectivity index (χ4n) is 2.70. The second-order valence-electron chi connectivity index (χ2n) is 6.70. The second kappa shape index (κ2) is 9.73. The van der Waals surface area contributed by atoms with E-state index in [-0.39, 0.29) is 17.9 Å². The minimum absolute atomic E-state index is 0.0655. The van der Waals surface area contributed by atoms with Gasteiger partial charge in [-0.3, -0.25) is 9.59 Å². The summed E-state index contributed by atoms with van der Waals surface area (Å²) in [5, 5.41) is 5.80. The van der Waals surface area contributed by atoms with Crippen molar-refractivity contribution >= 4 is 17.5 Å². The number of likely N-dealkylation sites (N-methyl/N-ethyl adjacent to an activating group) is 1. The van der Waals surface area contributed by atoms with Crippen LogP contribution >= 0.6 is 0 Å². The van der Waals surface area contributed by atoms with Gasteiger partial charge in [0.05, 0.1) is 6.54 Å². The maximum atomic E-state index is 12.3. The highest BCUT2D eigenvalue weighted by Crippen LogP contribution is 2.09. The van der Waals surface area contributed by atoms with Crippen molar-refractivity contribution in [3.05, 3.63) is 65.7 Å². The van der Waals surface area contributed by atoms with E-state index in [0.717, 1.165) is 24.3 Å². The van der Waals surface area contributed by atoms with E-state index in [9.17, 15) is 9.59 Å². The average molecular weight is 354 g/mol. The van der Waals surface area contributed by atoms with Crippen LogP contribution in [0.15, 0.2) is 54.6 Å². The first-order valence-corrected chi connectivity index (χ1v) is 9.06. The van der Waals surface area contributed by atoms with Crippen LogP contribution in [0.25, 0.3) is 0 Å². The van der Waals surface area contributed by atoms with E-state index in [1.165, 1.54) is 4.90 Å². The molecular weight excluding hydrogens is 326 g/mol. The molecule has 138 valence electrons. The molecule has 1 atom stereocenters. The number of carbonyl (C=O) groups excluding carboxylic acids is 2. The summed E-state index contributed by atoms with van der Waals surface area (Å²) in [5.74, 6) is -0.0607. The summed E-state index contributed by atoms with van der Waals surface area (Å²) >= 11 is 0. The smallest absolute Gasteiger partial charge is 0.275 e. The number of quaternary nitrogens is 1. The highest BCUT2D eigenvalue weighted by molar-refractivity contribution is 6.04. The van der Waals surface area contributed by atoms with Crippen molar-refractivity contribution < 1.29 is 14.5 Å². The molecule has 0 radical (unpaired) electrons. The zero-order valence-electron chi connectivity index (χ0n) is 15.7. The third-order valence-electron chi connectivity index (χ3n) is 4.06. The van der Waals surface area contributed by atoms with E-state index < -0.39 is 0 Å². The van der Waals surface area contributed by atoms with Gasteiger partial charge < -0.3 is 15.5 Å². The van der Waals surface area contributed by atoms with Crippen molar-refractivity contribution in [1.82, 2.24) is 5.32 Å². The number of para-hydroxylation sites is 1. The van der Waals surface area contributed by atoms with Gasteiger partial charge in [0.2, 0.25) is 0 Å². The lowest BCUT2D eigenvalue weighted by atomic mass is 10.1. The molecule has 0 aliphatic heterocycles. The summed E-state index contributed by atoms with van der Waals surface area (Å²) < 4.78 is 0. The van der Waals surface area contributed by atoms with E-state index in [0.29, 0.717) is 12.1 Å². The van der Waals surface area contributed by atoms with Gasteiger partial charge in [-0.05, 0) is 45.0 Å². The van der Waals surface area contributed by atoms with Gasteiger partial charge in [0.25, 0.3) is 11.8 Å². The SMILES string of the molecule is CC[NH+](CC(=O)NC(C)C)Cc1ccc(C(=O)Nc2ccccc2)cc1. The first-order valence-electron chi connectivity index (χ1n) is 9.06. The average Bonchev–Trinajstić information content (AvgIpc) is 2.62. The monoisotopic (exact) mass is 354 g/mol. The fraction of sp³-hybridized carbons (Fsp3) is 0.333. The lowest BCUT2D eigenvalue weighted by molar-refractivity contribution is -0.904. The summed E-state index contributed by atoms with van der Waals surface area (Å²) in [7, 11) is 0. The summed E-state index contributed by atoms with van der Waals surface area (Å²) in [5.41, 5.74) is 2.50. The topological polar surface area (TPSA) is 62.6 Å². The van der Waals surface area contributed by atoms with Crippen molar-refractivity contribution in [2.75, 3.05) is 18.4 Å². The number of amides is 2. The molecule has 0 aliphatic carbocycles. The molecule has 0 saturated carbocycles. The number of benzene rings is 2. The van der Waals surface area contributed by atoms with Crippen LogP contribution in [-0.2, 0) is 11.3 Å². The molecule has 0 aromatic heterocycles. The van der Waals surface area contributed by atoms with Crippen LogP contribution in [0.1, 0.15) is 36.7 Å². The molecule has 1 unspecified atom stereocenters. The highest BCUT2D eigenvalue weighted by atomic mass is 16.2. The van der Waals surface area contributed by atoms with Gasteiger partial charge in [0.1, 0.15) is 6.54 Å². The van der Waals surface area contributed by atoms with Gasteiger partial charge in [-0.15, -0.1) is 0 Å². The van der Waals surface area contributed by atoms with Gasteiger partial charge in [0.15, 0.2) is 6.54 Å². The normalized spacial score (nSPS) is 11.8. The molecule has 2 amide bonds. The molecule has 26 heavy (non-hydrogen) atoms. The second-order valence-corrected chi connectivity index (χ2v) is 6.70. The molecule has 2 aromatic rings. The molecule has 3 N–H and O–H groups in total. The highest BCUT2D eigenvalue weighted by Gasteiger charge is 2.14. The molecular formula is C21H28N3O2+. The Morgan fingerprint density at radius 2 is 1.65 bits per heavy atom. The zero-order chi connectivity index (χ0) is 18.9. The van der Waals surface area contributed by atoms with Gasteiger partial charge >= 0.3 is 0 Å². The molecule has 5 nitrogen and oxygen atoms in total. The number of hydrogen-bond donors (Lipinski definition) is 3. The zero-order valence-corrected chi connectivity index (χ0v) is 15.7. The van der Waals surface area contributed by atoms with Crippen molar-refractivity contribution in [3.63, 3.8) is 0 Å². The number of rotatable bonds is 8. The van der Waals surface area contributed by atoms with Crippen LogP contribution in [0.2, 0.25) is 0 Å². The predicted octanol–water partition coefficient (Wildman–Crippen LogP) is 1.87. The maximum Gasteiger partial charge on any atom is 0.275 e.